The Bertz CT molecular complexity index is 847. The zero-order valence-corrected chi connectivity index (χ0v) is 41.3. The number of carbonyl (C=O) groups is 2. The molecule has 0 aromatic carbocycles. The highest BCUT2D eigenvalue weighted by Crippen LogP contribution is 2.20. The van der Waals surface area contributed by atoms with Crippen molar-refractivity contribution in [3.05, 3.63) is 0 Å². The fourth-order valence-electron chi connectivity index (χ4n) is 8.29. The Hall–Kier alpha value is -1.14. The summed E-state index contributed by atoms with van der Waals surface area (Å²) in [7, 11) is 0. The first-order valence-electron chi connectivity index (χ1n) is 27.0. The summed E-state index contributed by atoms with van der Waals surface area (Å²) < 4.78 is 24.0. The summed E-state index contributed by atoms with van der Waals surface area (Å²) in [6, 6.07) is 0. The molecule has 0 bridgehead atoms. The summed E-state index contributed by atoms with van der Waals surface area (Å²) in [5.74, 6) is 0.0340. The predicted molar refractivity (Wildman–Crippen MR) is 258 cm³/mol. The Kier molecular flexibility index (Phi) is 48.0. The molecule has 0 spiro atoms. The molecule has 2 unspecified atom stereocenters. The molecule has 0 rings (SSSR count). The van der Waals surface area contributed by atoms with Crippen LogP contribution in [0.2, 0.25) is 0 Å². The van der Waals surface area contributed by atoms with Crippen LogP contribution in [0.25, 0.3) is 0 Å². The number of hydrogen-bond donors (Lipinski definition) is 0. The molecule has 0 aliphatic rings. The maximum atomic E-state index is 12.7. The highest BCUT2D eigenvalue weighted by Gasteiger charge is 2.16. The number of hydrogen-bond acceptors (Lipinski definition) is 6. The Morgan fingerprint density at radius 1 is 0.350 bits per heavy atom. The smallest absolute Gasteiger partial charge is 0.306 e. The highest BCUT2D eigenvalue weighted by atomic mass is 16.5. The fourth-order valence-corrected chi connectivity index (χ4v) is 8.29. The summed E-state index contributed by atoms with van der Waals surface area (Å²) in [5.41, 5.74) is 0. The third-order valence-corrected chi connectivity index (χ3v) is 12.3. The molecule has 0 heterocycles. The van der Waals surface area contributed by atoms with Crippen molar-refractivity contribution in [3.8, 4) is 0 Å². The van der Waals surface area contributed by atoms with E-state index in [1.54, 1.807) is 0 Å². The van der Waals surface area contributed by atoms with Crippen molar-refractivity contribution in [2.45, 2.75) is 316 Å². The third-order valence-electron chi connectivity index (χ3n) is 12.3. The standard InChI is InChI=1S/C54H106O6/c1-6-10-14-18-22-28-36-44-52(43-35-27-21-17-13-9-4)60-53(55)45-37-29-23-31-39-47-57-49-50(5)58-48-40-32-24-30-38-46-54(56)59-51(41-33-25-19-15-11-7-2)42-34-26-20-16-12-8-3/h50-52H,6-49H2,1-5H3. The van der Waals surface area contributed by atoms with Gasteiger partial charge in [-0.1, -0.05) is 201 Å². The lowest BCUT2D eigenvalue weighted by Crippen LogP contribution is -2.18. The van der Waals surface area contributed by atoms with Gasteiger partial charge in [0.05, 0.1) is 12.7 Å². The SMILES string of the molecule is CCCCCCCCCC(CCCCCCCC)OC(=O)CCCCCCCOCC(C)OCCCCCCCC(=O)OC(CCCCCCCC)CCCCCCCC. The predicted octanol–water partition coefficient (Wildman–Crippen LogP) is 17.3. The lowest BCUT2D eigenvalue weighted by Gasteiger charge is -2.18. The van der Waals surface area contributed by atoms with Gasteiger partial charge < -0.3 is 18.9 Å². The van der Waals surface area contributed by atoms with Crippen LogP contribution >= 0.6 is 0 Å². The topological polar surface area (TPSA) is 71.1 Å². The van der Waals surface area contributed by atoms with Gasteiger partial charge in [0, 0.05) is 26.1 Å². The van der Waals surface area contributed by atoms with Crippen molar-refractivity contribution in [2.24, 2.45) is 0 Å². The lowest BCUT2D eigenvalue weighted by atomic mass is 10.0. The van der Waals surface area contributed by atoms with E-state index in [-0.39, 0.29) is 30.3 Å². The van der Waals surface area contributed by atoms with Crippen molar-refractivity contribution in [1.29, 1.82) is 0 Å². The zero-order valence-electron chi connectivity index (χ0n) is 41.3. The van der Waals surface area contributed by atoms with Crippen molar-refractivity contribution in [1.82, 2.24) is 0 Å². The first kappa shape index (κ1) is 58.9. The molecule has 0 fully saturated rings. The molecule has 6 nitrogen and oxygen atoms in total. The van der Waals surface area contributed by atoms with Crippen molar-refractivity contribution < 1.29 is 28.5 Å². The van der Waals surface area contributed by atoms with E-state index in [1.165, 1.54) is 161 Å². The van der Waals surface area contributed by atoms with E-state index in [1.807, 2.05) is 0 Å². The second-order valence-corrected chi connectivity index (χ2v) is 18.6. The lowest BCUT2D eigenvalue weighted by molar-refractivity contribution is -0.151. The first-order chi connectivity index (χ1) is 29.5. The van der Waals surface area contributed by atoms with Gasteiger partial charge in [-0.15, -0.1) is 0 Å². The fraction of sp³-hybridized carbons (Fsp3) is 0.963. The summed E-state index contributed by atoms with van der Waals surface area (Å²) in [5, 5.41) is 0. The average Bonchev–Trinajstić information content (AvgIpc) is 3.24. The van der Waals surface area contributed by atoms with Gasteiger partial charge in [0.2, 0.25) is 0 Å². The third kappa shape index (κ3) is 44.9. The largest absolute Gasteiger partial charge is 0.462 e. The molecule has 358 valence electrons. The van der Waals surface area contributed by atoms with Crippen LogP contribution in [0.3, 0.4) is 0 Å². The van der Waals surface area contributed by atoms with Crippen LogP contribution in [0.5, 0.6) is 0 Å². The van der Waals surface area contributed by atoms with Gasteiger partial charge in [-0.2, -0.15) is 0 Å². The van der Waals surface area contributed by atoms with Crippen LogP contribution in [-0.2, 0) is 28.5 Å². The van der Waals surface area contributed by atoms with Gasteiger partial charge in [-0.3, -0.25) is 9.59 Å². The first-order valence-corrected chi connectivity index (χ1v) is 27.0. The molecule has 6 heteroatoms. The maximum Gasteiger partial charge on any atom is 0.306 e. The summed E-state index contributed by atoms with van der Waals surface area (Å²) in [6.07, 6.45) is 48.6. The van der Waals surface area contributed by atoms with Crippen LogP contribution in [0.15, 0.2) is 0 Å². The molecular formula is C54H106O6. The molecule has 0 amide bonds. The van der Waals surface area contributed by atoms with Crippen LogP contribution in [0.1, 0.15) is 298 Å². The van der Waals surface area contributed by atoms with Gasteiger partial charge in [0.25, 0.3) is 0 Å². The Balaban J connectivity index is 3.94. The van der Waals surface area contributed by atoms with E-state index in [4.69, 9.17) is 18.9 Å². The maximum absolute atomic E-state index is 12.7. The Labute approximate surface area is 375 Å². The molecule has 0 saturated heterocycles. The van der Waals surface area contributed by atoms with Gasteiger partial charge in [-0.25, -0.2) is 0 Å². The molecule has 60 heavy (non-hydrogen) atoms. The Morgan fingerprint density at radius 2 is 0.633 bits per heavy atom. The average molecular weight is 851 g/mol. The Morgan fingerprint density at radius 3 is 0.983 bits per heavy atom. The molecule has 2 atom stereocenters. The molecule has 0 aliphatic carbocycles. The van der Waals surface area contributed by atoms with Crippen LogP contribution < -0.4 is 0 Å². The van der Waals surface area contributed by atoms with E-state index in [2.05, 4.69) is 34.6 Å². The molecule has 0 radical (unpaired) electrons. The molecule has 0 aliphatic heterocycles. The van der Waals surface area contributed by atoms with E-state index >= 15 is 0 Å². The molecule has 0 saturated carbocycles. The minimum Gasteiger partial charge on any atom is -0.462 e. The highest BCUT2D eigenvalue weighted by molar-refractivity contribution is 5.69. The molecule has 0 aromatic rings. The van der Waals surface area contributed by atoms with Crippen molar-refractivity contribution in [3.63, 3.8) is 0 Å². The quantitative estimate of drug-likeness (QED) is 0.0448. The summed E-state index contributed by atoms with van der Waals surface area (Å²) in [4.78, 5) is 25.4. The van der Waals surface area contributed by atoms with Crippen molar-refractivity contribution >= 4 is 11.9 Å². The van der Waals surface area contributed by atoms with Gasteiger partial charge in [0.1, 0.15) is 12.2 Å². The van der Waals surface area contributed by atoms with E-state index in [9.17, 15) is 9.59 Å². The number of unbranched alkanes of at least 4 members (excludes halogenated alkanes) is 29. The minimum atomic E-state index is 0.0161. The van der Waals surface area contributed by atoms with Gasteiger partial charge in [-0.05, 0) is 84.0 Å². The van der Waals surface area contributed by atoms with Gasteiger partial charge >= 0.3 is 11.9 Å². The number of carbonyl (C=O) groups excluding carboxylic acids is 2. The second-order valence-electron chi connectivity index (χ2n) is 18.6. The van der Waals surface area contributed by atoms with E-state index in [0.717, 1.165) is 103 Å². The summed E-state index contributed by atoms with van der Waals surface area (Å²) in [6.45, 7) is 13.4. The molecule has 0 N–H and O–H groups in total. The summed E-state index contributed by atoms with van der Waals surface area (Å²) >= 11 is 0. The second kappa shape index (κ2) is 48.9. The van der Waals surface area contributed by atoms with E-state index in [0.29, 0.717) is 19.4 Å². The number of rotatable bonds is 50. The van der Waals surface area contributed by atoms with Crippen LogP contribution in [0.4, 0.5) is 0 Å². The monoisotopic (exact) mass is 851 g/mol. The van der Waals surface area contributed by atoms with Crippen LogP contribution in [0, 0.1) is 0 Å². The molecular weight excluding hydrogens is 745 g/mol. The number of ether oxygens (including phenoxy) is 4. The van der Waals surface area contributed by atoms with E-state index < -0.39 is 0 Å². The number of esters is 2. The normalized spacial score (nSPS) is 12.6. The van der Waals surface area contributed by atoms with Crippen molar-refractivity contribution in [2.75, 3.05) is 19.8 Å². The van der Waals surface area contributed by atoms with Crippen LogP contribution in [-0.4, -0.2) is 50.1 Å². The van der Waals surface area contributed by atoms with Gasteiger partial charge in [0.15, 0.2) is 0 Å². The minimum absolute atomic E-state index is 0.0161. The molecule has 0 aromatic heterocycles. The zero-order chi connectivity index (χ0) is 43.8.